The number of nitrogens with one attached hydrogen (secondary N) is 2. The molecule has 31 heavy (non-hydrogen) atoms. The monoisotopic (exact) mass is 428 g/mol. The zero-order chi connectivity index (χ0) is 21.8. The van der Waals surface area contributed by atoms with E-state index >= 15 is 0 Å². The van der Waals surface area contributed by atoms with E-state index in [1.54, 1.807) is 13.2 Å². The predicted octanol–water partition coefficient (Wildman–Crippen LogP) is 1.89. The third kappa shape index (κ3) is 4.84. The second-order valence-corrected chi connectivity index (χ2v) is 8.75. The lowest BCUT2D eigenvalue weighted by atomic mass is 9.83. The number of hydrogen-bond acceptors (Lipinski definition) is 5. The smallest absolute Gasteiger partial charge is 0.325 e. The second-order valence-electron chi connectivity index (χ2n) is 8.75. The topological polar surface area (TPSA) is 91.0 Å². The maximum absolute atomic E-state index is 12.8. The number of imide groups is 1. The molecule has 3 atom stereocenters. The summed E-state index contributed by atoms with van der Waals surface area (Å²) in [5.41, 5.74) is 0.743. The van der Waals surface area contributed by atoms with Crippen LogP contribution in [0.3, 0.4) is 0 Å². The van der Waals surface area contributed by atoms with Gasteiger partial charge in [0.05, 0.1) is 20.1 Å². The molecule has 0 radical (unpaired) electrons. The molecule has 4 amide bonds. The molecule has 0 aromatic heterocycles. The largest absolute Gasteiger partial charge is 0.496 e. The molecule has 1 aromatic carbocycles. The van der Waals surface area contributed by atoms with Crippen molar-refractivity contribution in [3.63, 3.8) is 0 Å². The minimum absolute atomic E-state index is 0.0336. The van der Waals surface area contributed by atoms with E-state index < -0.39 is 12.1 Å². The van der Waals surface area contributed by atoms with Crippen LogP contribution in [0.25, 0.3) is 0 Å². The molecule has 168 valence electrons. The minimum atomic E-state index is -0.820. The Morgan fingerprint density at radius 3 is 2.81 bits per heavy atom. The number of methoxy groups -OCH3 is 1. The summed E-state index contributed by atoms with van der Waals surface area (Å²) in [4.78, 5) is 41.4. The van der Waals surface area contributed by atoms with Crippen molar-refractivity contribution < 1.29 is 19.1 Å². The Morgan fingerprint density at radius 2 is 1.97 bits per heavy atom. The Morgan fingerprint density at radius 1 is 1.16 bits per heavy atom. The molecule has 0 spiro atoms. The average molecular weight is 429 g/mol. The number of para-hydroxylation sites is 1. The van der Waals surface area contributed by atoms with Crippen LogP contribution in [-0.4, -0.2) is 66.5 Å². The van der Waals surface area contributed by atoms with Crippen molar-refractivity contribution in [3.8, 4) is 5.75 Å². The van der Waals surface area contributed by atoms with Gasteiger partial charge in [0, 0.05) is 18.2 Å². The Bertz CT molecular complexity index is 828. The second kappa shape index (κ2) is 9.68. The molecule has 4 rings (SSSR count). The molecule has 0 aliphatic carbocycles. The molecule has 0 bridgehead atoms. The quantitative estimate of drug-likeness (QED) is 0.647. The van der Waals surface area contributed by atoms with Crippen molar-refractivity contribution in [1.29, 1.82) is 0 Å². The number of piperidine rings is 2. The fraction of sp³-hybridized carbons (Fsp3) is 0.609. The number of rotatable bonds is 7. The molecule has 2 N–H and O–H groups in total. The van der Waals surface area contributed by atoms with E-state index in [2.05, 4.69) is 15.5 Å². The number of carbonyl (C=O) groups excluding carboxylic acids is 3. The van der Waals surface area contributed by atoms with Crippen molar-refractivity contribution in [2.75, 3.05) is 26.7 Å². The number of fused-ring (bicyclic) bond motifs is 1. The van der Waals surface area contributed by atoms with Crippen LogP contribution in [0, 0.1) is 5.92 Å². The number of amides is 4. The molecule has 3 unspecified atom stereocenters. The van der Waals surface area contributed by atoms with E-state index in [1.165, 1.54) is 38.8 Å². The molecule has 8 nitrogen and oxygen atoms in total. The third-order valence-electron chi connectivity index (χ3n) is 6.81. The van der Waals surface area contributed by atoms with Crippen LogP contribution in [0.4, 0.5) is 4.79 Å². The lowest BCUT2D eigenvalue weighted by Gasteiger charge is -2.44. The van der Waals surface area contributed by atoms with E-state index in [0.717, 1.165) is 16.9 Å². The van der Waals surface area contributed by atoms with Crippen molar-refractivity contribution in [2.24, 2.45) is 5.92 Å². The van der Waals surface area contributed by atoms with E-state index in [1.807, 2.05) is 18.2 Å². The molecule has 3 heterocycles. The minimum Gasteiger partial charge on any atom is -0.496 e. The summed E-state index contributed by atoms with van der Waals surface area (Å²) >= 11 is 0. The summed E-state index contributed by atoms with van der Waals surface area (Å²) < 4.78 is 5.31. The van der Waals surface area contributed by atoms with Crippen LogP contribution in [0.2, 0.25) is 0 Å². The number of urea groups is 1. The molecule has 1 aromatic rings. The SMILES string of the molecule is COc1ccccc1CN1C(=O)NC(CC(=O)NCC2CCCN3CCCCC23)C1=O. The van der Waals surface area contributed by atoms with E-state index in [0.29, 0.717) is 24.3 Å². The van der Waals surface area contributed by atoms with Crippen LogP contribution in [0.5, 0.6) is 5.75 Å². The summed E-state index contributed by atoms with van der Waals surface area (Å²) in [6.07, 6.45) is 6.00. The highest BCUT2D eigenvalue weighted by molar-refractivity contribution is 6.05. The molecule has 3 aliphatic heterocycles. The van der Waals surface area contributed by atoms with Crippen LogP contribution in [-0.2, 0) is 16.1 Å². The molecule has 8 heteroatoms. The van der Waals surface area contributed by atoms with E-state index in [9.17, 15) is 14.4 Å². The maximum Gasteiger partial charge on any atom is 0.325 e. The maximum atomic E-state index is 12.8. The highest BCUT2D eigenvalue weighted by Crippen LogP contribution is 2.30. The van der Waals surface area contributed by atoms with E-state index in [4.69, 9.17) is 4.74 Å². The van der Waals surface area contributed by atoms with Crippen molar-refractivity contribution in [2.45, 2.75) is 57.2 Å². The number of ether oxygens (including phenoxy) is 1. The summed E-state index contributed by atoms with van der Waals surface area (Å²) in [7, 11) is 1.55. The van der Waals surface area contributed by atoms with Crippen LogP contribution >= 0.6 is 0 Å². The molecule has 0 saturated carbocycles. The normalized spacial score (nSPS) is 26.4. The highest BCUT2D eigenvalue weighted by Gasteiger charge is 2.39. The highest BCUT2D eigenvalue weighted by atomic mass is 16.5. The van der Waals surface area contributed by atoms with Gasteiger partial charge in [-0.2, -0.15) is 0 Å². The van der Waals surface area contributed by atoms with Crippen LogP contribution in [0.1, 0.15) is 44.1 Å². The van der Waals surface area contributed by atoms with Crippen molar-refractivity contribution in [3.05, 3.63) is 29.8 Å². The summed E-state index contributed by atoms with van der Waals surface area (Å²) in [6.45, 7) is 3.09. The molecule has 3 fully saturated rings. The van der Waals surface area contributed by atoms with Gasteiger partial charge < -0.3 is 20.3 Å². The Hall–Kier alpha value is -2.61. The van der Waals surface area contributed by atoms with Gasteiger partial charge in [-0.3, -0.25) is 14.5 Å². The Balaban J connectivity index is 1.29. The average Bonchev–Trinajstić information content (AvgIpc) is 3.05. The van der Waals surface area contributed by atoms with Crippen molar-refractivity contribution >= 4 is 17.8 Å². The summed E-state index contributed by atoms with van der Waals surface area (Å²) in [5.74, 6) is 0.523. The Kier molecular flexibility index (Phi) is 6.75. The number of nitrogens with zero attached hydrogens (tertiary/aromatic N) is 2. The summed E-state index contributed by atoms with van der Waals surface area (Å²) in [5, 5.41) is 5.68. The van der Waals surface area contributed by atoms with Crippen LogP contribution < -0.4 is 15.4 Å². The standard InChI is InChI=1S/C23H32N4O4/c1-31-20-10-3-2-7-17(20)15-27-22(29)18(25-23(27)30)13-21(28)24-14-16-8-6-12-26-11-5-4-9-19(16)26/h2-3,7,10,16,18-19H,4-6,8-9,11-15H2,1H3,(H,24,28)(H,25,30). The van der Waals surface area contributed by atoms with Gasteiger partial charge in [-0.05, 0) is 50.8 Å². The zero-order valence-corrected chi connectivity index (χ0v) is 18.1. The molecule has 3 aliphatic rings. The van der Waals surface area contributed by atoms with Gasteiger partial charge in [0.2, 0.25) is 5.91 Å². The van der Waals surface area contributed by atoms with Crippen LogP contribution in [0.15, 0.2) is 24.3 Å². The van der Waals surface area contributed by atoms with Gasteiger partial charge in [0.1, 0.15) is 11.8 Å². The fourth-order valence-electron chi connectivity index (χ4n) is 5.19. The van der Waals surface area contributed by atoms with Gasteiger partial charge >= 0.3 is 6.03 Å². The predicted molar refractivity (Wildman–Crippen MR) is 115 cm³/mol. The third-order valence-corrected chi connectivity index (χ3v) is 6.81. The van der Waals surface area contributed by atoms with Gasteiger partial charge in [0.15, 0.2) is 0 Å². The first kappa shape index (κ1) is 21.6. The number of benzene rings is 1. The first-order valence-electron chi connectivity index (χ1n) is 11.3. The summed E-state index contributed by atoms with van der Waals surface area (Å²) in [6, 6.07) is 6.54. The lowest BCUT2D eigenvalue weighted by molar-refractivity contribution is -0.131. The first-order valence-corrected chi connectivity index (χ1v) is 11.3. The van der Waals surface area contributed by atoms with E-state index in [-0.39, 0.29) is 24.8 Å². The van der Waals surface area contributed by atoms with Gasteiger partial charge in [-0.15, -0.1) is 0 Å². The fourth-order valence-corrected chi connectivity index (χ4v) is 5.19. The van der Waals surface area contributed by atoms with Gasteiger partial charge in [-0.1, -0.05) is 24.6 Å². The van der Waals surface area contributed by atoms with Crippen molar-refractivity contribution in [1.82, 2.24) is 20.4 Å². The first-order chi connectivity index (χ1) is 15.1. The number of carbonyl (C=O) groups is 3. The number of hydrogen-bond donors (Lipinski definition) is 2. The van der Waals surface area contributed by atoms with Gasteiger partial charge in [-0.25, -0.2) is 4.79 Å². The molecule has 3 saturated heterocycles. The lowest BCUT2D eigenvalue weighted by Crippen LogP contribution is -2.51. The Labute approximate surface area is 183 Å². The zero-order valence-electron chi connectivity index (χ0n) is 18.1. The van der Waals surface area contributed by atoms with Gasteiger partial charge in [0.25, 0.3) is 5.91 Å². The molecular formula is C23H32N4O4. The molecular weight excluding hydrogens is 396 g/mol.